The highest BCUT2D eigenvalue weighted by Gasteiger charge is 2.67. The molecular weight excluding hydrogens is 488 g/mol. The molecular formula is C22H20ClF2N5O3S. The van der Waals surface area contributed by atoms with Gasteiger partial charge < -0.3 is 15.5 Å². The quantitative estimate of drug-likeness (QED) is 0.562. The monoisotopic (exact) mass is 507 g/mol. The molecule has 1 fully saturated rings. The molecule has 0 unspecified atom stereocenters. The molecule has 8 nitrogen and oxygen atoms in total. The number of imidazole rings is 1. The van der Waals surface area contributed by atoms with Gasteiger partial charge in [0.2, 0.25) is 5.50 Å². The van der Waals surface area contributed by atoms with Crippen molar-refractivity contribution in [2.75, 3.05) is 5.32 Å². The highest BCUT2D eigenvalue weighted by atomic mass is 35.5. The number of carbonyl (C=O) groups excluding carboxylic acids is 1. The molecule has 1 aliphatic heterocycles. The Hall–Kier alpha value is -3.05. The fourth-order valence-electron chi connectivity index (χ4n) is 4.42. The second-order valence-electron chi connectivity index (χ2n) is 8.77. The number of anilines is 1. The van der Waals surface area contributed by atoms with Gasteiger partial charge in [0.25, 0.3) is 5.91 Å². The van der Waals surface area contributed by atoms with E-state index in [1.165, 1.54) is 19.1 Å². The molecule has 1 spiro atoms. The minimum absolute atomic E-state index is 0.112. The molecule has 1 aliphatic carbocycles. The molecule has 34 heavy (non-hydrogen) atoms. The van der Waals surface area contributed by atoms with Crippen LogP contribution in [0.3, 0.4) is 0 Å². The molecule has 3 N–H and O–H groups in total. The van der Waals surface area contributed by atoms with Gasteiger partial charge in [0.1, 0.15) is 33.3 Å². The predicted octanol–water partition coefficient (Wildman–Crippen LogP) is 3.52. The zero-order valence-corrected chi connectivity index (χ0v) is 19.7. The molecule has 1 saturated carbocycles. The summed E-state index contributed by atoms with van der Waals surface area (Å²) in [6, 6.07) is 6.75. The van der Waals surface area contributed by atoms with Crippen molar-refractivity contribution in [2.45, 2.75) is 42.5 Å². The largest absolute Gasteiger partial charge is 0.386 e. The van der Waals surface area contributed by atoms with Crippen molar-refractivity contribution in [2.24, 2.45) is 10.7 Å². The van der Waals surface area contributed by atoms with E-state index in [0.717, 1.165) is 6.07 Å². The van der Waals surface area contributed by atoms with Crippen LogP contribution in [0.15, 0.2) is 41.5 Å². The first-order chi connectivity index (χ1) is 15.9. The number of alkyl halides is 1. The third-order valence-corrected chi connectivity index (χ3v) is 9.52. The summed E-state index contributed by atoms with van der Waals surface area (Å²) < 4.78 is 56.1. The van der Waals surface area contributed by atoms with Crippen LogP contribution < -0.4 is 11.1 Å². The topological polar surface area (TPSA) is 119 Å². The van der Waals surface area contributed by atoms with Gasteiger partial charge in [0.15, 0.2) is 9.84 Å². The summed E-state index contributed by atoms with van der Waals surface area (Å²) in [5, 5.41) is 3.07. The number of pyridine rings is 1. The van der Waals surface area contributed by atoms with Gasteiger partial charge in [0, 0.05) is 17.4 Å². The SMILES string of the molecule is Cc1c(C(=O)Nc2ccc(F)c([C@@]3(C)N=C(N)C4(CC4)S(=O)(=O)[C@H]3F)c2)nc2ccc(Cl)cn12. The van der Waals surface area contributed by atoms with E-state index in [1.54, 1.807) is 29.7 Å². The second-order valence-corrected chi connectivity index (χ2v) is 11.5. The van der Waals surface area contributed by atoms with Crippen LogP contribution in [-0.4, -0.2) is 39.8 Å². The average Bonchev–Trinajstić information content (AvgIpc) is 3.54. The normalized spacial score (nSPS) is 24.7. The molecule has 0 radical (unpaired) electrons. The van der Waals surface area contributed by atoms with Crippen molar-refractivity contribution in [3.05, 3.63) is 64.3 Å². The van der Waals surface area contributed by atoms with Crippen molar-refractivity contribution in [1.82, 2.24) is 9.38 Å². The average molecular weight is 508 g/mol. The smallest absolute Gasteiger partial charge is 0.276 e. The van der Waals surface area contributed by atoms with E-state index in [4.69, 9.17) is 17.3 Å². The van der Waals surface area contributed by atoms with Crippen molar-refractivity contribution in [1.29, 1.82) is 0 Å². The summed E-state index contributed by atoms with van der Waals surface area (Å²) >= 11 is 6.01. The van der Waals surface area contributed by atoms with Gasteiger partial charge in [-0.3, -0.25) is 9.79 Å². The molecule has 2 aliphatic rings. The maximum atomic E-state index is 15.4. The molecule has 3 aromatic rings. The van der Waals surface area contributed by atoms with Crippen LogP contribution in [0.2, 0.25) is 5.02 Å². The van der Waals surface area contributed by atoms with E-state index in [0.29, 0.717) is 16.4 Å². The number of carbonyl (C=O) groups is 1. The lowest BCUT2D eigenvalue weighted by molar-refractivity contribution is 0.102. The van der Waals surface area contributed by atoms with Gasteiger partial charge in [-0.1, -0.05) is 11.6 Å². The number of nitrogens with two attached hydrogens (primary N) is 1. The Morgan fingerprint density at radius 3 is 2.68 bits per heavy atom. The minimum Gasteiger partial charge on any atom is -0.386 e. The van der Waals surface area contributed by atoms with Crippen LogP contribution in [0, 0.1) is 12.7 Å². The predicted molar refractivity (Wildman–Crippen MR) is 124 cm³/mol. The van der Waals surface area contributed by atoms with Gasteiger partial charge in [-0.25, -0.2) is 22.2 Å². The number of hydrogen-bond donors (Lipinski definition) is 2. The summed E-state index contributed by atoms with van der Waals surface area (Å²) in [6.45, 7) is 2.87. The number of amidine groups is 1. The fraction of sp³-hybridized carbons (Fsp3) is 0.318. The summed E-state index contributed by atoms with van der Waals surface area (Å²) in [7, 11) is -4.35. The van der Waals surface area contributed by atoms with Gasteiger partial charge in [-0.15, -0.1) is 0 Å². The summed E-state index contributed by atoms with van der Waals surface area (Å²) in [4.78, 5) is 21.3. The standard InChI is InChI=1S/C22H20ClF2N5O3S/c1-11-17(28-16-6-3-12(23)10-30(11)16)18(31)27-13-4-5-15(24)14(9-13)21(2)19(25)34(32,33)22(7-8-22)20(26)29-21/h3-6,9-10,19H,7-8H2,1-2H3,(H2,26,29)(H,27,31)/t19-,21-/m1/s1. The molecule has 2 atom stereocenters. The Morgan fingerprint density at radius 2 is 2.00 bits per heavy atom. The molecule has 1 aromatic carbocycles. The van der Waals surface area contributed by atoms with Gasteiger partial charge >= 0.3 is 0 Å². The molecule has 0 saturated heterocycles. The van der Waals surface area contributed by atoms with Gasteiger partial charge in [0.05, 0.1) is 10.7 Å². The van der Waals surface area contributed by atoms with E-state index in [1.807, 2.05) is 0 Å². The highest BCUT2D eigenvalue weighted by Crippen LogP contribution is 2.54. The maximum Gasteiger partial charge on any atom is 0.276 e. The van der Waals surface area contributed by atoms with E-state index in [2.05, 4.69) is 15.3 Å². The summed E-state index contributed by atoms with van der Waals surface area (Å²) in [6.07, 6.45) is 1.99. The van der Waals surface area contributed by atoms with Crippen LogP contribution in [0.1, 0.15) is 41.5 Å². The number of aryl methyl sites for hydroxylation is 1. The first-order valence-corrected chi connectivity index (χ1v) is 12.3. The fourth-order valence-corrected chi connectivity index (χ4v) is 6.77. The summed E-state index contributed by atoms with van der Waals surface area (Å²) in [5.74, 6) is -1.69. The number of rotatable bonds is 3. The van der Waals surface area contributed by atoms with Crippen molar-refractivity contribution in [3.63, 3.8) is 0 Å². The van der Waals surface area contributed by atoms with Crippen LogP contribution in [0.5, 0.6) is 0 Å². The zero-order chi connectivity index (χ0) is 24.6. The van der Waals surface area contributed by atoms with Gasteiger partial charge in [-0.2, -0.15) is 0 Å². The van der Waals surface area contributed by atoms with Crippen molar-refractivity contribution < 1.29 is 22.0 Å². The Bertz CT molecular complexity index is 1520. The third kappa shape index (κ3) is 3.06. The van der Waals surface area contributed by atoms with Crippen LogP contribution in [0.4, 0.5) is 14.5 Å². The highest BCUT2D eigenvalue weighted by molar-refractivity contribution is 7.94. The molecule has 0 bridgehead atoms. The molecule has 2 aromatic heterocycles. The maximum absolute atomic E-state index is 15.4. The summed E-state index contributed by atoms with van der Waals surface area (Å²) in [5.41, 5.74) is 2.24. The Kier molecular flexibility index (Phi) is 4.83. The number of aromatic nitrogens is 2. The molecule has 178 valence electrons. The van der Waals surface area contributed by atoms with E-state index in [-0.39, 0.29) is 35.6 Å². The first kappa shape index (κ1) is 22.7. The zero-order valence-electron chi connectivity index (χ0n) is 18.1. The van der Waals surface area contributed by atoms with Gasteiger partial charge in [-0.05, 0) is 57.0 Å². The molecule has 12 heteroatoms. The van der Waals surface area contributed by atoms with Crippen LogP contribution >= 0.6 is 11.6 Å². The molecule has 3 heterocycles. The van der Waals surface area contributed by atoms with E-state index in [9.17, 15) is 17.6 Å². The number of aliphatic imine (C=N–C) groups is 1. The molecule has 5 rings (SSSR count). The number of benzene rings is 1. The Morgan fingerprint density at radius 1 is 1.29 bits per heavy atom. The first-order valence-electron chi connectivity index (χ1n) is 10.4. The number of amides is 1. The number of nitrogens with zero attached hydrogens (tertiary/aromatic N) is 3. The Balaban J connectivity index is 1.52. The van der Waals surface area contributed by atoms with Crippen LogP contribution in [0.25, 0.3) is 5.65 Å². The Labute approximate surface area is 198 Å². The van der Waals surface area contributed by atoms with E-state index < -0.39 is 37.4 Å². The van der Waals surface area contributed by atoms with Crippen molar-refractivity contribution in [3.8, 4) is 0 Å². The number of nitrogens with one attached hydrogen (secondary N) is 1. The molecule has 1 amide bonds. The minimum atomic E-state index is -4.35. The van der Waals surface area contributed by atoms with Crippen molar-refractivity contribution >= 4 is 44.5 Å². The number of fused-ring (bicyclic) bond motifs is 1. The van der Waals surface area contributed by atoms with E-state index >= 15 is 4.39 Å². The lowest BCUT2D eigenvalue weighted by Crippen LogP contribution is -2.54. The number of sulfone groups is 1. The van der Waals surface area contributed by atoms with Crippen LogP contribution in [-0.2, 0) is 15.4 Å². The lowest BCUT2D eigenvalue weighted by atomic mass is 9.92. The number of hydrogen-bond acceptors (Lipinski definition) is 6. The second kappa shape index (κ2) is 7.22. The number of halogens is 3. The third-order valence-electron chi connectivity index (χ3n) is 6.59. The lowest BCUT2D eigenvalue weighted by Gasteiger charge is -2.37.